The number of piperidine rings is 1. The quantitative estimate of drug-likeness (QED) is 0.858. The van der Waals surface area contributed by atoms with Gasteiger partial charge in [0.15, 0.2) is 0 Å². The molecule has 1 saturated heterocycles. The van der Waals surface area contributed by atoms with Crippen molar-refractivity contribution in [1.29, 1.82) is 0 Å². The Kier molecular flexibility index (Phi) is 5.08. The topological polar surface area (TPSA) is 57.6 Å². The van der Waals surface area contributed by atoms with Crippen molar-refractivity contribution < 1.29 is 8.42 Å². The minimum absolute atomic E-state index is 0.0571. The molecule has 1 aliphatic heterocycles. The van der Waals surface area contributed by atoms with E-state index in [-0.39, 0.29) is 6.04 Å². The molecule has 0 bridgehead atoms. The first-order chi connectivity index (χ1) is 9.86. The van der Waals surface area contributed by atoms with Crippen molar-refractivity contribution in [3.63, 3.8) is 0 Å². The highest BCUT2D eigenvalue weighted by Gasteiger charge is 2.31. The zero-order chi connectivity index (χ0) is 15.6. The van der Waals surface area contributed by atoms with Gasteiger partial charge in [0, 0.05) is 45.1 Å². The zero-order valence-corrected chi connectivity index (χ0v) is 14.2. The van der Waals surface area contributed by atoms with Crippen molar-refractivity contribution in [2.24, 2.45) is 7.05 Å². The van der Waals surface area contributed by atoms with Gasteiger partial charge in [-0.15, -0.1) is 0 Å². The summed E-state index contributed by atoms with van der Waals surface area (Å²) in [5, 5.41) is 3.05. The fourth-order valence-corrected chi connectivity index (χ4v) is 4.35. The van der Waals surface area contributed by atoms with Crippen LogP contribution in [0.1, 0.15) is 18.5 Å². The van der Waals surface area contributed by atoms with Crippen molar-refractivity contribution in [1.82, 2.24) is 19.1 Å². The molecular formula is C14H26N4O2S. The second kappa shape index (κ2) is 6.48. The number of sulfonamides is 1. The van der Waals surface area contributed by atoms with E-state index in [4.69, 9.17) is 0 Å². The van der Waals surface area contributed by atoms with Crippen LogP contribution in [0.25, 0.3) is 0 Å². The molecule has 0 saturated carbocycles. The molecule has 0 aliphatic carbocycles. The van der Waals surface area contributed by atoms with Gasteiger partial charge in [-0.2, -0.15) is 4.31 Å². The average Bonchev–Trinajstić information content (AvgIpc) is 2.80. The van der Waals surface area contributed by atoms with Crippen LogP contribution in [0, 0.1) is 0 Å². The lowest BCUT2D eigenvalue weighted by molar-refractivity contribution is 0.187. The number of hydrogen-bond donors (Lipinski definition) is 1. The van der Waals surface area contributed by atoms with Crippen LogP contribution in [0.15, 0.2) is 17.2 Å². The van der Waals surface area contributed by atoms with Gasteiger partial charge >= 0.3 is 0 Å². The molecule has 1 aromatic rings. The molecule has 0 radical (unpaired) electrons. The van der Waals surface area contributed by atoms with Crippen LogP contribution in [-0.4, -0.2) is 62.5 Å². The first-order valence-electron chi connectivity index (χ1n) is 7.32. The van der Waals surface area contributed by atoms with Gasteiger partial charge in [-0.05, 0) is 39.5 Å². The average molecular weight is 314 g/mol. The fourth-order valence-electron chi connectivity index (χ4n) is 2.87. The van der Waals surface area contributed by atoms with E-state index >= 15 is 0 Å². The van der Waals surface area contributed by atoms with Gasteiger partial charge in [0.1, 0.15) is 4.90 Å². The molecule has 1 atom stereocenters. The van der Waals surface area contributed by atoms with Gasteiger partial charge in [-0.1, -0.05) is 0 Å². The lowest BCUT2D eigenvalue weighted by atomic mass is 10.1. The Balaban J connectivity index is 2.22. The van der Waals surface area contributed by atoms with E-state index in [1.807, 2.05) is 25.7 Å². The Morgan fingerprint density at radius 2 is 2.14 bits per heavy atom. The highest BCUT2D eigenvalue weighted by molar-refractivity contribution is 7.89. The number of likely N-dealkylation sites (tertiary alicyclic amines) is 1. The fraction of sp³-hybridized carbons (Fsp3) is 0.714. The molecule has 7 heteroatoms. The molecule has 2 heterocycles. The summed E-state index contributed by atoms with van der Waals surface area (Å²) in [7, 11) is 4.04. The number of aryl methyl sites for hydroxylation is 1. The molecule has 0 aromatic carbocycles. The minimum Gasteiger partial charge on any atom is -0.352 e. The van der Waals surface area contributed by atoms with Gasteiger partial charge in [0.2, 0.25) is 10.0 Å². The van der Waals surface area contributed by atoms with Gasteiger partial charge in [0.25, 0.3) is 0 Å². The van der Waals surface area contributed by atoms with E-state index in [0.29, 0.717) is 11.4 Å². The SMILES string of the molecule is CNCc1cc(S(=O)(=O)N(C)C2CCCN(C)C2)cn1C. The summed E-state index contributed by atoms with van der Waals surface area (Å²) in [5.74, 6) is 0. The van der Waals surface area contributed by atoms with Crippen molar-refractivity contribution in [3.8, 4) is 0 Å². The first kappa shape index (κ1) is 16.5. The molecule has 1 fully saturated rings. The lowest BCUT2D eigenvalue weighted by Crippen LogP contribution is -2.47. The molecule has 0 spiro atoms. The van der Waals surface area contributed by atoms with Crippen LogP contribution in [0.2, 0.25) is 0 Å². The third-order valence-corrected chi connectivity index (χ3v) is 6.11. The normalized spacial score (nSPS) is 21.1. The maximum atomic E-state index is 12.8. The maximum Gasteiger partial charge on any atom is 0.244 e. The van der Waals surface area contributed by atoms with E-state index in [9.17, 15) is 8.42 Å². The molecule has 21 heavy (non-hydrogen) atoms. The van der Waals surface area contributed by atoms with E-state index in [1.165, 1.54) is 0 Å². The molecule has 1 N–H and O–H groups in total. The molecule has 120 valence electrons. The summed E-state index contributed by atoms with van der Waals surface area (Å²) in [5.41, 5.74) is 0.963. The van der Waals surface area contributed by atoms with Gasteiger partial charge in [0.05, 0.1) is 0 Å². The zero-order valence-electron chi connectivity index (χ0n) is 13.3. The summed E-state index contributed by atoms with van der Waals surface area (Å²) < 4.78 is 29.0. The Morgan fingerprint density at radius 1 is 1.43 bits per heavy atom. The van der Waals surface area contributed by atoms with Gasteiger partial charge in [-0.3, -0.25) is 0 Å². The number of nitrogens with zero attached hydrogens (tertiary/aromatic N) is 3. The smallest absolute Gasteiger partial charge is 0.244 e. The second-order valence-corrected chi connectivity index (χ2v) is 7.89. The summed E-state index contributed by atoms with van der Waals surface area (Å²) in [4.78, 5) is 2.57. The molecule has 1 aromatic heterocycles. The summed E-state index contributed by atoms with van der Waals surface area (Å²) in [6.45, 7) is 2.50. The molecular weight excluding hydrogens is 288 g/mol. The highest BCUT2D eigenvalue weighted by atomic mass is 32.2. The van der Waals surface area contributed by atoms with Crippen molar-refractivity contribution in [3.05, 3.63) is 18.0 Å². The van der Waals surface area contributed by atoms with Crippen molar-refractivity contribution in [2.45, 2.75) is 30.3 Å². The Morgan fingerprint density at radius 3 is 2.76 bits per heavy atom. The van der Waals surface area contributed by atoms with Crippen molar-refractivity contribution >= 4 is 10.0 Å². The van der Waals surface area contributed by atoms with Crippen LogP contribution in [0.5, 0.6) is 0 Å². The van der Waals surface area contributed by atoms with Crippen LogP contribution in [0.4, 0.5) is 0 Å². The minimum atomic E-state index is -3.42. The predicted octanol–water partition coefficient (Wildman–Crippen LogP) is 0.459. The molecule has 0 amide bonds. The number of rotatable bonds is 5. The van der Waals surface area contributed by atoms with E-state index < -0.39 is 10.0 Å². The summed E-state index contributed by atoms with van der Waals surface area (Å²) in [6, 6.07) is 1.82. The van der Waals surface area contributed by atoms with Gasteiger partial charge in [-0.25, -0.2) is 8.42 Å². The Labute approximate surface area is 127 Å². The molecule has 2 rings (SSSR count). The maximum absolute atomic E-state index is 12.8. The largest absolute Gasteiger partial charge is 0.352 e. The van der Waals surface area contributed by atoms with Crippen LogP contribution < -0.4 is 5.32 Å². The van der Waals surface area contributed by atoms with Crippen molar-refractivity contribution in [2.75, 3.05) is 34.2 Å². The Bertz CT molecular complexity index is 582. The lowest BCUT2D eigenvalue weighted by Gasteiger charge is -2.34. The molecule has 6 nitrogen and oxygen atoms in total. The second-order valence-electron chi connectivity index (χ2n) is 5.89. The third-order valence-electron chi connectivity index (χ3n) is 4.23. The molecule has 1 aliphatic rings. The Hall–Kier alpha value is -0.890. The monoisotopic (exact) mass is 314 g/mol. The number of aromatic nitrogens is 1. The van der Waals surface area contributed by atoms with Crippen LogP contribution >= 0.6 is 0 Å². The van der Waals surface area contributed by atoms with E-state index in [0.717, 1.165) is 31.6 Å². The van der Waals surface area contributed by atoms with Crippen LogP contribution in [0.3, 0.4) is 0 Å². The highest BCUT2D eigenvalue weighted by Crippen LogP contribution is 2.23. The standard InChI is InChI=1S/C14H26N4O2S/c1-15-9-13-8-14(11-17(13)3)21(19,20)18(4)12-6-5-7-16(2)10-12/h8,11-12,15H,5-7,9-10H2,1-4H3. The number of hydrogen-bond acceptors (Lipinski definition) is 4. The summed E-state index contributed by atoms with van der Waals surface area (Å²) >= 11 is 0. The van der Waals surface area contributed by atoms with Gasteiger partial charge < -0.3 is 14.8 Å². The first-order valence-corrected chi connectivity index (χ1v) is 8.76. The molecule has 1 unspecified atom stereocenters. The van der Waals surface area contributed by atoms with E-state index in [2.05, 4.69) is 10.2 Å². The van der Waals surface area contributed by atoms with E-state index in [1.54, 1.807) is 23.6 Å². The third kappa shape index (κ3) is 3.48. The number of nitrogens with one attached hydrogen (secondary N) is 1. The summed E-state index contributed by atoms with van der Waals surface area (Å²) in [6.07, 6.45) is 3.67. The van der Waals surface area contributed by atoms with Crippen LogP contribution in [-0.2, 0) is 23.6 Å². The predicted molar refractivity (Wildman–Crippen MR) is 83.6 cm³/mol. The number of likely N-dealkylation sites (N-methyl/N-ethyl adjacent to an activating group) is 2.